The minimum atomic E-state index is 1.19. The van der Waals surface area contributed by atoms with Crippen LogP contribution in [0.15, 0.2) is 12.4 Å². The van der Waals surface area contributed by atoms with Crippen molar-refractivity contribution >= 4 is 0 Å². The first-order valence-corrected chi connectivity index (χ1v) is 9.40. The number of rotatable bonds is 13. The van der Waals surface area contributed by atoms with E-state index in [4.69, 9.17) is 0 Å². The summed E-state index contributed by atoms with van der Waals surface area (Å²) in [4.78, 5) is 0. The van der Waals surface area contributed by atoms with Crippen LogP contribution in [0.25, 0.3) is 0 Å². The summed E-state index contributed by atoms with van der Waals surface area (Å²) in [5, 5.41) is 0. The van der Waals surface area contributed by atoms with Gasteiger partial charge in [-0.1, -0.05) is 59.3 Å². The third-order valence-electron chi connectivity index (χ3n) is 4.35. The van der Waals surface area contributed by atoms with Crippen LogP contribution in [0.5, 0.6) is 0 Å². The highest BCUT2D eigenvalue weighted by atomic mass is 15.1. The van der Waals surface area contributed by atoms with Gasteiger partial charge in [-0.3, -0.25) is 0 Å². The van der Waals surface area contributed by atoms with Gasteiger partial charge in [0.05, 0.1) is 13.1 Å². The van der Waals surface area contributed by atoms with Crippen molar-refractivity contribution in [1.29, 1.82) is 0 Å². The molecule has 0 fully saturated rings. The van der Waals surface area contributed by atoms with Gasteiger partial charge in [-0.2, -0.15) is 0 Å². The molecule has 1 aromatic rings. The SMILES string of the molecule is CCCCCCCC[n+]1ccn(CCCC)c1CCCC. The van der Waals surface area contributed by atoms with Crippen LogP contribution in [0.4, 0.5) is 0 Å². The monoisotopic (exact) mass is 293 g/mol. The lowest BCUT2D eigenvalue weighted by atomic mass is 10.1. The molecular weight excluding hydrogens is 256 g/mol. The van der Waals surface area contributed by atoms with E-state index in [0.717, 1.165) is 0 Å². The molecule has 0 aliphatic heterocycles. The number of nitrogens with zero attached hydrogens (tertiary/aromatic N) is 2. The highest BCUT2D eigenvalue weighted by Crippen LogP contribution is 2.07. The second-order valence-electron chi connectivity index (χ2n) is 6.33. The Balaban J connectivity index is 2.45. The summed E-state index contributed by atoms with van der Waals surface area (Å²) in [5.74, 6) is 1.55. The average molecular weight is 294 g/mol. The van der Waals surface area contributed by atoms with Crippen molar-refractivity contribution in [1.82, 2.24) is 4.57 Å². The lowest BCUT2D eigenvalue weighted by molar-refractivity contribution is -0.704. The van der Waals surface area contributed by atoms with Gasteiger partial charge in [0.15, 0.2) is 0 Å². The van der Waals surface area contributed by atoms with E-state index in [1.807, 2.05) is 0 Å². The Morgan fingerprint density at radius 1 is 0.810 bits per heavy atom. The molecule has 21 heavy (non-hydrogen) atoms. The lowest BCUT2D eigenvalue weighted by Gasteiger charge is -2.05. The Hall–Kier alpha value is -0.790. The molecule has 0 spiro atoms. The van der Waals surface area contributed by atoms with Gasteiger partial charge in [0, 0.05) is 6.42 Å². The second-order valence-corrected chi connectivity index (χ2v) is 6.33. The average Bonchev–Trinajstić information content (AvgIpc) is 2.88. The predicted molar refractivity (Wildman–Crippen MR) is 91.5 cm³/mol. The van der Waals surface area contributed by atoms with Gasteiger partial charge < -0.3 is 0 Å². The van der Waals surface area contributed by atoms with Crippen molar-refractivity contribution in [2.75, 3.05) is 0 Å². The molecular formula is C19H37N2+. The molecule has 0 saturated carbocycles. The fraction of sp³-hybridized carbons (Fsp3) is 0.842. The van der Waals surface area contributed by atoms with Gasteiger partial charge >= 0.3 is 0 Å². The van der Waals surface area contributed by atoms with E-state index in [2.05, 4.69) is 42.3 Å². The molecule has 0 amide bonds. The quantitative estimate of drug-likeness (QED) is 0.346. The molecule has 1 rings (SSSR count). The fourth-order valence-electron chi connectivity index (χ4n) is 2.92. The van der Waals surface area contributed by atoms with Crippen molar-refractivity contribution in [3.63, 3.8) is 0 Å². The smallest absolute Gasteiger partial charge is 0.234 e. The van der Waals surface area contributed by atoms with Crippen LogP contribution in [0.3, 0.4) is 0 Å². The third-order valence-corrected chi connectivity index (χ3v) is 4.35. The number of unbranched alkanes of at least 4 members (excludes halogenated alkanes) is 7. The molecule has 1 aromatic heterocycles. The molecule has 0 bridgehead atoms. The van der Waals surface area contributed by atoms with Crippen LogP contribution in [0.1, 0.15) is 90.8 Å². The summed E-state index contributed by atoms with van der Waals surface area (Å²) in [6.07, 6.45) is 19.3. The first kappa shape index (κ1) is 18.3. The largest absolute Gasteiger partial charge is 0.256 e. The van der Waals surface area contributed by atoms with Gasteiger partial charge in [-0.25, -0.2) is 9.13 Å². The van der Waals surface area contributed by atoms with Gasteiger partial charge in [0.25, 0.3) is 5.82 Å². The zero-order chi connectivity index (χ0) is 15.3. The standard InChI is InChI=1S/C19H37N2/c1-4-7-10-11-12-13-16-21-18-17-20(15-9-6-3)19(21)14-8-5-2/h17-18H,4-16H2,1-3H3/q+1. The summed E-state index contributed by atoms with van der Waals surface area (Å²) in [7, 11) is 0. The molecule has 0 N–H and O–H groups in total. The topological polar surface area (TPSA) is 8.81 Å². The zero-order valence-electron chi connectivity index (χ0n) is 14.7. The number of aromatic nitrogens is 2. The van der Waals surface area contributed by atoms with Crippen LogP contribution >= 0.6 is 0 Å². The molecule has 0 saturated heterocycles. The van der Waals surface area contributed by atoms with Gasteiger partial charge in [0.2, 0.25) is 0 Å². The first-order valence-electron chi connectivity index (χ1n) is 9.40. The lowest BCUT2D eigenvalue weighted by Crippen LogP contribution is -2.37. The van der Waals surface area contributed by atoms with Crippen molar-refractivity contribution < 1.29 is 4.57 Å². The maximum Gasteiger partial charge on any atom is 0.256 e. The van der Waals surface area contributed by atoms with E-state index in [-0.39, 0.29) is 0 Å². The minimum Gasteiger partial charge on any atom is -0.234 e. The Morgan fingerprint density at radius 3 is 2.19 bits per heavy atom. The minimum absolute atomic E-state index is 1.19. The third kappa shape index (κ3) is 7.15. The van der Waals surface area contributed by atoms with Gasteiger partial charge in [0.1, 0.15) is 12.4 Å². The van der Waals surface area contributed by atoms with Crippen LogP contribution in [0, 0.1) is 0 Å². The van der Waals surface area contributed by atoms with Crippen molar-refractivity contribution in [2.24, 2.45) is 0 Å². The van der Waals surface area contributed by atoms with E-state index in [1.165, 1.54) is 83.7 Å². The number of imidazole rings is 1. The zero-order valence-corrected chi connectivity index (χ0v) is 14.7. The Labute approximate surface area is 132 Å². The summed E-state index contributed by atoms with van der Waals surface area (Å²) < 4.78 is 5.02. The maximum absolute atomic E-state index is 2.52. The molecule has 0 unspecified atom stereocenters. The van der Waals surface area contributed by atoms with E-state index in [1.54, 1.807) is 5.82 Å². The maximum atomic E-state index is 2.52. The van der Waals surface area contributed by atoms with Crippen molar-refractivity contribution in [3.8, 4) is 0 Å². The van der Waals surface area contributed by atoms with E-state index < -0.39 is 0 Å². The van der Waals surface area contributed by atoms with E-state index in [9.17, 15) is 0 Å². The Kier molecular flexibility index (Phi) is 10.3. The normalized spacial score (nSPS) is 11.2. The molecule has 0 aliphatic carbocycles. The number of hydrogen-bond donors (Lipinski definition) is 0. The first-order chi connectivity index (χ1) is 10.3. The van der Waals surface area contributed by atoms with Crippen molar-refractivity contribution in [2.45, 2.75) is 104 Å². The number of hydrogen-bond acceptors (Lipinski definition) is 0. The summed E-state index contributed by atoms with van der Waals surface area (Å²) in [5.41, 5.74) is 0. The highest BCUT2D eigenvalue weighted by molar-refractivity contribution is 4.84. The molecule has 2 heteroatoms. The molecule has 0 aromatic carbocycles. The van der Waals surface area contributed by atoms with Crippen LogP contribution < -0.4 is 4.57 Å². The molecule has 122 valence electrons. The van der Waals surface area contributed by atoms with Crippen LogP contribution in [-0.2, 0) is 19.5 Å². The van der Waals surface area contributed by atoms with Crippen LogP contribution in [0.2, 0.25) is 0 Å². The summed E-state index contributed by atoms with van der Waals surface area (Å²) in [6.45, 7) is 9.26. The molecule has 2 nitrogen and oxygen atoms in total. The summed E-state index contributed by atoms with van der Waals surface area (Å²) >= 11 is 0. The van der Waals surface area contributed by atoms with Crippen molar-refractivity contribution in [3.05, 3.63) is 18.2 Å². The number of aryl methyl sites for hydroxylation is 2. The molecule has 1 heterocycles. The fourth-order valence-corrected chi connectivity index (χ4v) is 2.92. The predicted octanol–water partition coefficient (Wildman–Crippen LogP) is 5.28. The van der Waals surface area contributed by atoms with Gasteiger partial charge in [-0.15, -0.1) is 0 Å². The second kappa shape index (κ2) is 11.8. The highest BCUT2D eigenvalue weighted by Gasteiger charge is 2.15. The Bertz CT molecular complexity index is 354. The Morgan fingerprint density at radius 2 is 1.48 bits per heavy atom. The molecule has 0 atom stereocenters. The molecule has 0 aliphatic rings. The van der Waals surface area contributed by atoms with Crippen LogP contribution in [-0.4, -0.2) is 4.57 Å². The van der Waals surface area contributed by atoms with Gasteiger partial charge in [-0.05, 0) is 25.7 Å². The van der Waals surface area contributed by atoms with E-state index >= 15 is 0 Å². The van der Waals surface area contributed by atoms with E-state index in [0.29, 0.717) is 0 Å². The molecule has 0 radical (unpaired) electrons. The summed E-state index contributed by atoms with van der Waals surface area (Å²) in [6, 6.07) is 0.